The molecule has 0 spiro atoms. The van der Waals surface area contributed by atoms with Crippen molar-refractivity contribution in [2.75, 3.05) is 24.7 Å². The molecule has 310 valence electrons. The van der Waals surface area contributed by atoms with E-state index in [4.69, 9.17) is 39.5 Å². The molecule has 0 fully saturated rings. The Hall–Kier alpha value is -3.21. The Morgan fingerprint density at radius 2 is 1.43 bits per heavy atom. The van der Waals surface area contributed by atoms with Gasteiger partial charge >= 0.3 is 10.1 Å². The minimum atomic E-state index is -5.22. The molecule has 17 heteroatoms. The molecule has 0 aliphatic carbocycles. The molecule has 11 nitrogen and oxygen atoms in total. The van der Waals surface area contributed by atoms with E-state index in [1.54, 1.807) is 70.3 Å². The third-order valence-corrected chi connectivity index (χ3v) is 15.5. The predicted molar refractivity (Wildman–Crippen MR) is 231 cm³/mol. The molecule has 3 aromatic rings. The summed E-state index contributed by atoms with van der Waals surface area (Å²) in [5.41, 5.74) is -0.514. The van der Waals surface area contributed by atoms with Gasteiger partial charge in [-0.1, -0.05) is 61.7 Å². The van der Waals surface area contributed by atoms with Crippen LogP contribution in [0, 0.1) is 5.41 Å². The van der Waals surface area contributed by atoms with Crippen LogP contribution in [0.5, 0.6) is 11.5 Å². The lowest BCUT2D eigenvalue weighted by molar-refractivity contribution is -0.123. The first kappa shape index (κ1) is 44.3. The summed E-state index contributed by atoms with van der Waals surface area (Å²) in [6.07, 6.45) is 3.83. The number of ketones is 2. The van der Waals surface area contributed by atoms with Crippen LogP contribution in [0.25, 0.3) is 16.7 Å². The summed E-state index contributed by atoms with van der Waals surface area (Å²) in [5, 5.41) is -0.428. The highest BCUT2D eigenvalue weighted by molar-refractivity contribution is 8.00. The van der Waals surface area contributed by atoms with Gasteiger partial charge < -0.3 is 9.64 Å². The van der Waals surface area contributed by atoms with Gasteiger partial charge in [0.1, 0.15) is 12.8 Å². The SMILES string of the molecule is CC(=O)c1c(Cl)c(Cl)c(SCC(=O)C(C)(C)C)c(Cl)c1C1=c2cc3c(c(S(=O)(=O)O)c2Oc2c1cc1c(c2S(=O)(=O)O)N(C)C(C)(C)C=C1C)=[N+](C)C(C)(C)C=C3C. The zero-order chi connectivity index (χ0) is 43.7. The number of rotatable bonds is 7. The lowest BCUT2D eigenvalue weighted by atomic mass is 9.83. The number of nitrogens with zero attached hydrogens (tertiary/aromatic N) is 2. The van der Waals surface area contributed by atoms with Crippen LogP contribution in [0.2, 0.25) is 15.1 Å². The van der Waals surface area contributed by atoms with Crippen molar-refractivity contribution in [3.8, 4) is 11.5 Å². The summed E-state index contributed by atoms with van der Waals surface area (Å²) in [6.45, 7) is 17.4. The van der Waals surface area contributed by atoms with E-state index < -0.39 is 63.8 Å². The average Bonchev–Trinajstić information content (AvgIpc) is 3.06. The van der Waals surface area contributed by atoms with Crippen molar-refractivity contribution in [2.24, 2.45) is 5.41 Å². The summed E-state index contributed by atoms with van der Waals surface area (Å²) in [7, 11) is -7.16. The molecule has 6 rings (SSSR count). The van der Waals surface area contributed by atoms with Crippen molar-refractivity contribution in [1.82, 2.24) is 4.58 Å². The first-order valence-corrected chi connectivity index (χ1v) is 23.0. The van der Waals surface area contributed by atoms with Crippen molar-refractivity contribution >= 4 is 101 Å². The van der Waals surface area contributed by atoms with E-state index in [1.165, 1.54) is 6.92 Å². The highest BCUT2D eigenvalue weighted by atomic mass is 35.5. The molecule has 3 aliphatic rings. The van der Waals surface area contributed by atoms with Gasteiger partial charge in [0, 0.05) is 64.3 Å². The highest BCUT2D eigenvalue weighted by Crippen LogP contribution is 2.54. The number of fused-ring (bicyclic) bond motifs is 4. The normalized spacial score (nSPS) is 17.1. The molecule has 58 heavy (non-hydrogen) atoms. The predicted octanol–water partition coefficient (Wildman–Crippen LogP) is 8.35. The molecule has 3 aliphatic heterocycles. The quantitative estimate of drug-likeness (QED) is 0.0604. The first-order chi connectivity index (χ1) is 26.3. The van der Waals surface area contributed by atoms with Gasteiger partial charge in [-0.25, -0.2) is 4.58 Å². The number of hydrogen-bond acceptors (Lipinski definition) is 9. The molecule has 0 saturated heterocycles. The summed E-state index contributed by atoms with van der Waals surface area (Å²) in [4.78, 5) is 27.4. The standard InChI is InChI=1S/C41H43Cl3N2O9S3/c1-18-15-40(7,8)45(11)32-21(18)13-23-27(28-26(20(3)47)29(42)31(44)36(30(28)43)56-17-25(48)39(4,5)6)24-14-22-19(2)16-41(9,10)46(12)33(22)38(58(52,53)54)35(24)55-34(23)37(32)57(49,50)51/h13-16H,17H2,1-12H3,(H-,49,50,51,52,53,54)/p+1. The second kappa shape index (κ2) is 14.2. The van der Waals surface area contributed by atoms with E-state index >= 15 is 0 Å². The third kappa shape index (κ3) is 7.04. The number of Topliss-reactive ketones (excluding diaryl/α,β-unsaturated/α-hetero) is 2. The average molecular weight is 911 g/mol. The smallest absolute Gasteiger partial charge is 0.304 e. The minimum absolute atomic E-state index is 0.00315. The van der Waals surface area contributed by atoms with Crippen LogP contribution in [0.3, 0.4) is 0 Å². The number of carbonyl (C=O) groups excluding carboxylic acids is 2. The number of hydrogen-bond donors (Lipinski definition) is 2. The Labute approximate surface area is 357 Å². The van der Waals surface area contributed by atoms with Crippen molar-refractivity contribution < 1.29 is 40.3 Å². The van der Waals surface area contributed by atoms with Gasteiger partial charge in [0.25, 0.3) is 10.1 Å². The van der Waals surface area contributed by atoms with Gasteiger partial charge in [-0.15, -0.1) is 11.8 Å². The maximum absolute atomic E-state index is 13.8. The zero-order valence-electron chi connectivity index (χ0n) is 34.0. The molecule has 0 radical (unpaired) electrons. The molecule has 0 bridgehead atoms. The van der Waals surface area contributed by atoms with E-state index in [-0.39, 0.29) is 70.0 Å². The van der Waals surface area contributed by atoms with E-state index in [0.717, 1.165) is 11.8 Å². The maximum Gasteiger partial charge on any atom is 0.304 e. The van der Waals surface area contributed by atoms with E-state index in [0.29, 0.717) is 22.3 Å². The van der Waals surface area contributed by atoms with Gasteiger partial charge in [-0.05, 0) is 64.0 Å². The van der Waals surface area contributed by atoms with Crippen LogP contribution < -0.4 is 24.8 Å². The first-order valence-electron chi connectivity index (χ1n) is 18.0. The van der Waals surface area contributed by atoms with Crippen molar-refractivity contribution in [3.05, 3.63) is 77.7 Å². The molecule has 0 saturated carbocycles. The molecule has 0 aromatic heterocycles. The van der Waals surface area contributed by atoms with E-state index in [9.17, 15) is 35.5 Å². The van der Waals surface area contributed by atoms with Gasteiger partial charge in [-0.3, -0.25) is 18.7 Å². The van der Waals surface area contributed by atoms with Gasteiger partial charge in [0.15, 0.2) is 27.7 Å². The topological polar surface area (TPSA) is 158 Å². The fourth-order valence-electron chi connectivity index (χ4n) is 7.77. The number of benzene rings is 3. The molecule has 3 heterocycles. The second-order valence-corrected chi connectivity index (χ2v) is 21.8. The fraction of sp³-hybridized carbons (Fsp3) is 0.390. The Kier molecular flexibility index (Phi) is 10.8. The van der Waals surface area contributed by atoms with Gasteiger partial charge in [0.2, 0.25) is 10.3 Å². The number of ether oxygens (including phenoxy) is 1. The van der Waals surface area contributed by atoms with Crippen LogP contribution in [-0.2, 0) is 25.0 Å². The van der Waals surface area contributed by atoms with Crippen LogP contribution in [0.15, 0.2) is 39.0 Å². The molecule has 0 unspecified atom stereocenters. The zero-order valence-corrected chi connectivity index (χ0v) is 38.7. The van der Waals surface area contributed by atoms with Crippen LogP contribution in [-0.4, -0.2) is 68.4 Å². The Balaban J connectivity index is 1.98. The summed E-state index contributed by atoms with van der Waals surface area (Å²) < 4.78 is 85.6. The molecule has 2 N–H and O–H groups in total. The molecular weight excluding hydrogens is 867 g/mol. The highest BCUT2D eigenvalue weighted by Gasteiger charge is 2.44. The largest absolute Gasteiger partial charge is 0.453 e. The van der Waals surface area contributed by atoms with E-state index in [2.05, 4.69) is 0 Å². The van der Waals surface area contributed by atoms with Crippen LogP contribution >= 0.6 is 46.6 Å². The second-order valence-electron chi connectivity index (χ2n) is 17.0. The number of anilines is 1. The Morgan fingerprint density at radius 1 is 0.862 bits per heavy atom. The van der Waals surface area contributed by atoms with Crippen LogP contribution in [0.1, 0.15) is 102 Å². The van der Waals surface area contributed by atoms with Crippen LogP contribution in [0.4, 0.5) is 5.69 Å². The van der Waals surface area contributed by atoms with Gasteiger partial charge in [-0.2, -0.15) is 16.8 Å². The molecular formula is C41H44Cl3N2O9S3+. The monoisotopic (exact) mass is 909 g/mol. The Bertz CT molecular complexity index is 2870. The maximum atomic E-state index is 13.8. The Morgan fingerprint density at radius 3 is 1.97 bits per heavy atom. The minimum Gasteiger partial charge on any atom is -0.453 e. The van der Waals surface area contributed by atoms with Crippen molar-refractivity contribution in [2.45, 2.75) is 95.0 Å². The van der Waals surface area contributed by atoms with Crippen molar-refractivity contribution in [3.63, 3.8) is 0 Å². The van der Waals surface area contributed by atoms with E-state index in [1.807, 2.05) is 39.8 Å². The summed E-state index contributed by atoms with van der Waals surface area (Å²) in [5.74, 6) is -1.84. The lowest BCUT2D eigenvalue weighted by Crippen LogP contribution is -2.49. The molecule has 0 atom stereocenters. The molecule has 3 aromatic carbocycles. The number of thioether (sulfide) groups is 1. The fourth-order valence-corrected chi connectivity index (χ4v) is 11.9. The number of likely N-dealkylation sites (N-methyl/N-ethyl adjacent to an activating group) is 2. The lowest BCUT2D eigenvalue weighted by Gasteiger charge is -2.42. The van der Waals surface area contributed by atoms with Gasteiger partial charge in [0.05, 0.1) is 37.6 Å². The number of carbonyl (C=O) groups is 2. The third-order valence-electron chi connectivity index (χ3n) is 11.1. The number of halogens is 3. The molecule has 0 amide bonds. The summed E-state index contributed by atoms with van der Waals surface area (Å²) in [6, 6.07) is 3.25. The number of allylic oxidation sites excluding steroid dienone is 2. The summed E-state index contributed by atoms with van der Waals surface area (Å²) >= 11 is 22.2. The van der Waals surface area contributed by atoms with Crippen molar-refractivity contribution in [1.29, 1.82) is 0 Å².